The second-order valence-corrected chi connectivity index (χ2v) is 4.86. The minimum atomic E-state index is -0.879. The van der Waals surface area contributed by atoms with Gasteiger partial charge in [0.25, 0.3) is 5.91 Å². The number of aryl methyl sites for hydroxylation is 1. The van der Waals surface area contributed by atoms with E-state index in [4.69, 9.17) is 9.52 Å². The molecule has 0 aliphatic rings. The van der Waals surface area contributed by atoms with Crippen molar-refractivity contribution < 1.29 is 19.1 Å². The van der Waals surface area contributed by atoms with E-state index < -0.39 is 5.97 Å². The predicted octanol–water partition coefficient (Wildman–Crippen LogP) is 1.98. The molecule has 0 saturated heterocycles. The van der Waals surface area contributed by atoms with E-state index in [0.717, 1.165) is 5.69 Å². The molecule has 0 spiro atoms. The summed E-state index contributed by atoms with van der Waals surface area (Å²) in [5.41, 5.74) is 2.04. The molecular weight excluding hydrogens is 260 g/mol. The topological polar surface area (TPSA) is 92.4 Å². The van der Waals surface area contributed by atoms with Gasteiger partial charge in [-0.2, -0.15) is 0 Å². The lowest BCUT2D eigenvalue weighted by molar-refractivity contribution is -0.137. The molecule has 2 aromatic rings. The summed E-state index contributed by atoms with van der Waals surface area (Å²) in [5.74, 6) is -1.20. The number of rotatable bonds is 5. The van der Waals surface area contributed by atoms with E-state index in [1.807, 2.05) is 13.0 Å². The molecule has 2 N–H and O–H groups in total. The maximum absolute atomic E-state index is 11.9. The molecule has 106 valence electrons. The van der Waals surface area contributed by atoms with Gasteiger partial charge < -0.3 is 14.8 Å². The van der Waals surface area contributed by atoms with Crippen LogP contribution < -0.4 is 5.32 Å². The zero-order chi connectivity index (χ0) is 14.7. The SMILES string of the molecule is Cc1ccc2oc(C(=O)NCC(C)CC(=O)O)cc2n1. The summed E-state index contributed by atoms with van der Waals surface area (Å²) in [6, 6.07) is 5.16. The number of hydrogen-bond acceptors (Lipinski definition) is 4. The molecule has 0 radical (unpaired) electrons. The van der Waals surface area contributed by atoms with Crippen molar-refractivity contribution in [2.45, 2.75) is 20.3 Å². The first-order chi connectivity index (χ1) is 9.45. The lowest BCUT2D eigenvalue weighted by atomic mass is 10.1. The van der Waals surface area contributed by atoms with Gasteiger partial charge in [0.15, 0.2) is 11.3 Å². The number of fused-ring (bicyclic) bond motifs is 1. The van der Waals surface area contributed by atoms with Crippen molar-refractivity contribution in [3.8, 4) is 0 Å². The minimum absolute atomic E-state index is 0.0150. The van der Waals surface area contributed by atoms with E-state index >= 15 is 0 Å². The van der Waals surface area contributed by atoms with Gasteiger partial charge in [-0.15, -0.1) is 0 Å². The number of pyridine rings is 1. The van der Waals surface area contributed by atoms with Crippen LogP contribution in [0.3, 0.4) is 0 Å². The van der Waals surface area contributed by atoms with Crippen LogP contribution in [-0.4, -0.2) is 28.5 Å². The Morgan fingerprint density at radius 1 is 1.45 bits per heavy atom. The number of hydrogen-bond donors (Lipinski definition) is 2. The Bertz CT molecular complexity index is 648. The molecule has 0 saturated carbocycles. The van der Waals surface area contributed by atoms with Crippen LogP contribution in [0.4, 0.5) is 0 Å². The standard InChI is InChI=1S/C14H16N2O4/c1-8(5-13(17)18)7-15-14(19)12-6-10-11(20-12)4-3-9(2)16-10/h3-4,6,8H,5,7H2,1-2H3,(H,15,19)(H,17,18). The Morgan fingerprint density at radius 3 is 2.90 bits per heavy atom. The van der Waals surface area contributed by atoms with Crippen LogP contribution >= 0.6 is 0 Å². The van der Waals surface area contributed by atoms with Crippen molar-refractivity contribution in [1.29, 1.82) is 0 Å². The highest BCUT2D eigenvalue weighted by atomic mass is 16.4. The summed E-state index contributed by atoms with van der Waals surface area (Å²) in [7, 11) is 0. The molecular formula is C14H16N2O4. The maximum atomic E-state index is 11.9. The average Bonchev–Trinajstić information content (AvgIpc) is 2.78. The van der Waals surface area contributed by atoms with Crippen molar-refractivity contribution in [1.82, 2.24) is 10.3 Å². The highest BCUT2D eigenvalue weighted by molar-refractivity contribution is 5.95. The largest absolute Gasteiger partial charge is 0.481 e. The number of carbonyl (C=O) groups is 2. The molecule has 2 aromatic heterocycles. The van der Waals surface area contributed by atoms with Crippen LogP contribution in [0.2, 0.25) is 0 Å². The number of carbonyl (C=O) groups excluding carboxylic acids is 1. The Labute approximate surface area is 115 Å². The lowest BCUT2D eigenvalue weighted by Crippen LogP contribution is -2.28. The molecule has 1 amide bonds. The molecule has 0 bridgehead atoms. The summed E-state index contributed by atoms with van der Waals surface area (Å²) < 4.78 is 5.41. The van der Waals surface area contributed by atoms with Crippen LogP contribution in [0.15, 0.2) is 22.6 Å². The molecule has 0 aromatic carbocycles. The molecule has 2 rings (SSSR count). The third-order valence-electron chi connectivity index (χ3n) is 2.87. The number of furan rings is 1. The zero-order valence-electron chi connectivity index (χ0n) is 11.3. The Balaban J connectivity index is 2.02. The Morgan fingerprint density at radius 2 is 2.20 bits per heavy atom. The quantitative estimate of drug-likeness (QED) is 0.871. The highest BCUT2D eigenvalue weighted by Gasteiger charge is 2.15. The lowest BCUT2D eigenvalue weighted by Gasteiger charge is -2.08. The van der Waals surface area contributed by atoms with Crippen molar-refractivity contribution in [3.63, 3.8) is 0 Å². The fourth-order valence-corrected chi connectivity index (χ4v) is 1.86. The summed E-state index contributed by atoms with van der Waals surface area (Å²) in [4.78, 5) is 26.7. The first-order valence-corrected chi connectivity index (χ1v) is 6.33. The first-order valence-electron chi connectivity index (χ1n) is 6.33. The van der Waals surface area contributed by atoms with Gasteiger partial charge in [0, 0.05) is 24.7 Å². The number of carboxylic acid groups (broad SMARTS) is 1. The number of nitrogens with one attached hydrogen (secondary N) is 1. The van der Waals surface area contributed by atoms with E-state index in [0.29, 0.717) is 11.1 Å². The Kier molecular flexibility index (Phi) is 4.02. The molecule has 6 heteroatoms. The van der Waals surface area contributed by atoms with Gasteiger partial charge in [0.2, 0.25) is 0 Å². The molecule has 0 fully saturated rings. The molecule has 0 aliphatic carbocycles. The second kappa shape index (κ2) is 5.73. The van der Waals surface area contributed by atoms with E-state index in [-0.39, 0.29) is 30.6 Å². The molecule has 1 unspecified atom stereocenters. The van der Waals surface area contributed by atoms with Gasteiger partial charge in [-0.25, -0.2) is 4.98 Å². The third kappa shape index (κ3) is 3.34. The average molecular weight is 276 g/mol. The fraction of sp³-hybridized carbons (Fsp3) is 0.357. The first kappa shape index (κ1) is 14.0. The van der Waals surface area contributed by atoms with Gasteiger partial charge in [0.1, 0.15) is 5.52 Å². The zero-order valence-corrected chi connectivity index (χ0v) is 11.3. The van der Waals surface area contributed by atoms with Crippen molar-refractivity contribution in [2.24, 2.45) is 5.92 Å². The van der Waals surface area contributed by atoms with Gasteiger partial charge in [-0.05, 0) is 25.0 Å². The number of aromatic nitrogens is 1. The van der Waals surface area contributed by atoms with E-state index in [1.165, 1.54) is 0 Å². The van der Waals surface area contributed by atoms with Crippen LogP contribution in [0.25, 0.3) is 11.1 Å². The number of nitrogens with zero attached hydrogens (tertiary/aromatic N) is 1. The number of carboxylic acids is 1. The van der Waals surface area contributed by atoms with Crippen LogP contribution in [0.1, 0.15) is 29.6 Å². The predicted molar refractivity (Wildman–Crippen MR) is 72.5 cm³/mol. The molecule has 20 heavy (non-hydrogen) atoms. The number of amides is 1. The Hall–Kier alpha value is -2.37. The summed E-state index contributed by atoms with van der Waals surface area (Å²) in [5, 5.41) is 11.3. The highest BCUT2D eigenvalue weighted by Crippen LogP contribution is 2.17. The van der Waals surface area contributed by atoms with Gasteiger partial charge >= 0.3 is 5.97 Å². The summed E-state index contributed by atoms with van der Waals surface area (Å²) >= 11 is 0. The minimum Gasteiger partial charge on any atom is -0.481 e. The molecule has 0 aliphatic heterocycles. The number of aliphatic carboxylic acids is 1. The van der Waals surface area contributed by atoms with Crippen LogP contribution in [-0.2, 0) is 4.79 Å². The summed E-state index contributed by atoms with van der Waals surface area (Å²) in [6.07, 6.45) is 0.0150. The van der Waals surface area contributed by atoms with Crippen molar-refractivity contribution >= 4 is 23.0 Å². The van der Waals surface area contributed by atoms with Crippen molar-refractivity contribution in [2.75, 3.05) is 6.54 Å². The van der Waals surface area contributed by atoms with E-state index in [1.54, 1.807) is 19.1 Å². The molecule has 6 nitrogen and oxygen atoms in total. The second-order valence-electron chi connectivity index (χ2n) is 4.86. The molecule has 2 heterocycles. The summed E-state index contributed by atoms with van der Waals surface area (Å²) in [6.45, 7) is 3.91. The normalized spacial score (nSPS) is 12.3. The van der Waals surface area contributed by atoms with Gasteiger partial charge in [-0.3, -0.25) is 9.59 Å². The fourth-order valence-electron chi connectivity index (χ4n) is 1.86. The van der Waals surface area contributed by atoms with Gasteiger partial charge in [0.05, 0.1) is 0 Å². The van der Waals surface area contributed by atoms with E-state index in [9.17, 15) is 9.59 Å². The maximum Gasteiger partial charge on any atom is 0.303 e. The van der Waals surface area contributed by atoms with Gasteiger partial charge in [-0.1, -0.05) is 6.92 Å². The molecule has 1 atom stereocenters. The van der Waals surface area contributed by atoms with Crippen LogP contribution in [0, 0.1) is 12.8 Å². The van der Waals surface area contributed by atoms with Crippen LogP contribution in [0.5, 0.6) is 0 Å². The third-order valence-corrected chi connectivity index (χ3v) is 2.87. The monoisotopic (exact) mass is 276 g/mol. The van der Waals surface area contributed by atoms with Crippen molar-refractivity contribution in [3.05, 3.63) is 29.7 Å². The van der Waals surface area contributed by atoms with E-state index in [2.05, 4.69) is 10.3 Å². The smallest absolute Gasteiger partial charge is 0.303 e.